The molecule has 1 unspecified atom stereocenters. The summed E-state index contributed by atoms with van der Waals surface area (Å²) in [5.41, 5.74) is 4.33. The fourth-order valence-electron chi connectivity index (χ4n) is 3.41. The lowest BCUT2D eigenvalue weighted by Crippen LogP contribution is -2.29. The summed E-state index contributed by atoms with van der Waals surface area (Å²) in [5, 5.41) is 11.1. The van der Waals surface area contributed by atoms with Crippen molar-refractivity contribution in [1.82, 2.24) is 15.2 Å². The Morgan fingerprint density at radius 1 is 0.867 bits per heavy atom. The fourth-order valence-corrected chi connectivity index (χ4v) is 3.41. The number of anilines is 1. The molecule has 0 radical (unpaired) electrons. The van der Waals surface area contributed by atoms with E-state index in [1.807, 2.05) is 54.6 Å². The minimum Gasteiger partial charge on any atom is -0.403 e. The molecule has 4 aromatic rings. The fraction of sp³-hybridized carbons (Fsp3) is 0.0870. The largest absolute Gasteiger partial charge is 0.403 e. The number of pyridine rings is 1. The van der Waals surface area contributed by atoms with E-state index in [0.29, 0.717) is 5.89 Å². The molecule has 0 amide bonds. The van der Waals surface area contributed by atoms with Crippen molar-refractivity contribution in [2.45, 2.75) is 12.6 Å². The minimum atomic E-state index is -0.835. The number of rotatable bonds is 4. The number of hydrogen-bond donors (Lipinski definition) is 1. The lowest BCUT2D eigenvalue weighted by atomic mass is 9.96. The molecule has 0 fully saturated rings. The number of carbonyl (C=O) groups is 1. The standard InChI is InChI=1S/C23H17N5O2/c29-19-14-17-8-4-5-9-18(17)20(15-6-2-1-3-7-15)25-21(19)26-23-28-27-22(30-23)16-10-12-24-13-11-16/h1-13,21H,14H2,(H,26,28). The van der Waals surface area contributed by atoms with Crippen molar-refractivity contribution in [3.8, 4) is 11.5 Å². The Morgan fingerprint density at radius 2 is 1.63 bits per heavy atom. The van der Waals surface area contributed by atoms with Gasteiger partial charge in [0.15, 0.2) is 11.9 Å². The van der Waals surface area contributed by atoms with Gasteiger partial charge in [-0.05, 0) is 17.7 Å². The lowest BCUT2D eigenvalue weighted by molar-refractivity contribution is -0.119. The molecular weight excluding hydrogens is 378 g/mol. The first kappa shape index (κ1) is 17.9. The summed E-state index contributed by atoms with van der Waals surface area (Å²) in [5.74, 6) is 0.272. The van der Waals surface area contributed by atoms with Crippen molar-refractivity contribution in [2.75, 3.05) is 5.32 Å². The van der Waals surface area contributed by atoms with Gasteiger partial charge < -0.3 is 9.73 Å². The number of aliphatic imine (C=N–C) groups is 1. The predicted octanol–water partition coefficient (Wildman–Crippen LogP) is 3.53. The summed E-state index contributed by atoms with van der Waals surface area (Å²) in [6.07, 6.45) is 2.72. The molecule has 1 N–H and O–H groups in total. The van der Waals surface area contributed by atoms with Gasteiger partial charge in [0.25, 0.3) is 0 Å². The number of benzene rings is 2. The van der Waals surface area contributed by atoms with Crippen LogP contribution in [-0.4, -0.2) is 32.8 Å². The molecule has 1 aliphatic rings. The third-order valence-electron chi connectivity index (χ3n) is 4.86. The average molecular weight is 395 g/mol. The highest BCUT2D eigenvalue weighted by molar-refractivity contribution is 6.16. The molecule has 0 aliphatic carbocycles. The highest BCUT2D eigenvalue weighted by Crippen LogP contribution is 2.24. The number of ketones is 1. The summed E-state index contributed by atoms with van der Waals surface area (Å²) in [4.78, 5) is 21.7. The van der Waals surface area contributed by atoms with E-state index >= 15 is 0 Å². The van der Waals surface area contributed by atoms with Gasteiger partial charge in [-0.1, -0.05) is 59.7 Å². The average Bonchev–Trinajstić information content (AvgIpc) is 3.21. The van der Waals surface area contributed by atoms with Gasteiger partial charge in [0.1, 0.15) is 0 Å². The number of fused-ring (bicyclic) bond motifs is 1. The number of nitrogens with one attached hydrogen (secondary N) is 1. The third kappa shape index (κ3) is 3.48. The van der Waals surface area contributed by atoms with Crippen molar-refractivity contribution in [3.63, 3.8) is 0 Å². The van der Waals surface area contributed by atoms with Gasteiger partial charge in [-0.3, -0.25) is 14.8 Å². The molecule has 2 aromatic carbocycles. The van der Waals surface area contributed by atoms with Crippen LogP contribution in [0.3, 0.4) is 0 Å². The zero-order valence-corrected chi connectivity index (χ0v) is 15.9. The molecule has 146 valence electrons. The first-order valence-corrected chi connectivity index (χ1v) is 9.52. The second-order valence-electron chi connectivity index (χ2n) is 6.84. The highest BCUT2D eigenvalue weighted by atomic mass is 16.4. The van der Waals surface area contributed by atoms with Gasteiger partial charge in [-0.2, -0.15) is 0 Å². The Morgan fingerprint density at radius 3 is 2.47 bits per heavy atom. The van der Waals surface area contributed by atoms with Gasteiger partial charge in [0.2, 0.25) is 5.89 Å². The second-order valence-corrected chi connectivity index (χ2v) is 6.84. The number of carbonyl (C=O) groups excluding carboxylic acids is 1. The van der Waals surface area contributed by atoms with E-state index in [9.17, 15) is 4.79 Å². The molecule has 0 spiro atoms. The van der Waals surface area contributed by atoms with Gasteiger partial charge >= 0.3 is 6.01 Å². The van der Waals surface area contributed by atoms with Gasteiger partial charge in [0.05, 0.1) is 5.71 Å². The second kappa shape index (κ2) is 7.71. The first-order valence-electron chi connectivity index (χ1n) is 9.52. The van der Waals surface area contributed by atoms with E-state index in [2.05, 4.69) is 20.5 Å². The molecule has 0 bridgehead atoms. The van der Waals surface area contributed by atoms with Crippen molar-refractivity contribution < 1.29 is 9.21 Å². The predicted molar refractivity (Wildman–Crippen MR) is 112 cm³/mol. The van der Waals surface area contributed by atoms with Crippen LogP contribution >= 0.6 is 0 Å². The van der Waals surface area contributed by atoms with Gasteiger partial charge in [-0.25, -0.2) is 0 Å². The van der Waals surface area contributed by atoms with Gasteiger partial charge in [0, 0.05) is 35.5 Å². The smallest absolute Gasteiger partial charge is 0.317 e. The monoisotopic (exact) mass is 395 g/mol. The maximum Gasteiger partial charge on any atom is 0.317 e. The van der Waals surface area contributed by atoms with Crippen molar-refractivity contribution in [2.24, 2.45) is 4.99 Å². The summed E-state index contributed by atoms with van der Waals surface area (Å²) < 4.78 is 5.70. The zero-order chi connectivity index (χ0) is 20.3. The molecular formula is C23H17N5O2. The van der Waals surface area contributed by atoms with Crippen LogP contribution < -0.4 is 5.32 Å². The topological polar surface area (TPSA) is 93.3 Å². The van der Waals surface area contributed by atoms with Crippen LogP contribution in [0.15, 0.2) is 88.5 Å². The number of Topliss-reactive ketones (excluding diaryl/α,β-unsaturated/α-hetero) is 1. The molecule has 2 aromatic heterocycles. The Balaban J connectivity index is 1.51. The van der Waals surface area contributed by atoms with E-state index in [0.717, 1.165) is 28.0 Å². The Bertz CT molecular complexity index is 1220. The van der Waals surface area contributed by atoms with Crippen molar-refractivity contribution >= 4 is 17.5 Å². The molecule has 1 atom stereocenters. The zero-order valence-electron chi connectivity index (χ0n) is 15.9. The van der Waals surface area contributed by atoms with Crippen LogP contribution in [0.4, 0.5) is 6.01 Å². The molecule has 3 heterocycles. The Kier molecular flexibility index (Phi) is 4.61. The van der Waals surface area contributed by atoms with Gasteiger partial charge in [-0.15, -0.1) is 5.10 Å². The van der Waals surface area contributed by atoms with Crippen LogP contribution in [0.2, 0.25) is 0 Å². The summed E-state index contributed by atoms with van der Waals surface area (Å²) in [7, 11) is 0. The van der Waals surface area contributed by atoms with Crippen LogP contribution in [0.25, 0.3) is 11.5 Å². The lowest BCUT2D eigenvalue weighted by Gasteiger charge is -2.11. The molecule has 7 nitrogen and oxygen atoms in total. The van der Waals surface area contributed by atoms with Crippen molar-refractivity contribution in [3.05, 3.63) is 95.8 Å². The molecule has 0 saturated carbocycles. The molecule has 0 saturated heterocycles. The van der Waals surface area contributed by atoms with E-state index in [1.54, 1.807) is 24.5 Å². The normalized spacial score (nSPS) is 15.8. The third-order valence-corrected chi connectivity index (χ3v) is 4.86. The number of nitrogens with zero attached hydrogens (tertiary/aromatic N) is 4. The Hall–Kier alpha value is -4.13. The summed E-state index contributed by atoms with van der Waals surface area (Å²) in [6, 6.07) is 21.3. The quantitative estimate of drug-likeness (QED) is 0.568. The maximum atomic E-state index is 13.0. The minimum absolute atomic E-state index is 0.0722. The number of hydrogen-bond acceptors (Lipinski definition) is 7. The molecule has 30 heavy (non-hydrogen) atoms. The van der Waals surface area contributed by atoms with E-state index in [-0.39, 0.29) is 18.2 Å². The van der Waals surface area contributed by atoms with E-state index < -0.39 is 6.17 Å². The molecule has 7 heteroatoms. The van der Waals surface area contributed by atoms with Crippen LogP contribution in [0.1, 0.15) is 16.7 Å². The highest BCUT2D eigenvalue weighted by Gasteiger charge is 2.27. The SMILES string of the molecule is O=C1Cc2ccccc2C(c2ccccc2)=NC1Nc1nnc(-c2ccncc2)o1. The molecule has 5 rings (SSSR count). The van der Waals surface area contributed by atoms with E-state index in [1.165, 1.54) is 0 Å². The maximum absolute atomic E-state index is 13.0. The summed E-state index contributed by atoms with van der Waals surface area (Å²) in [6.45, 7) is 0. The number of aromatic nitrogens is 3. The Labute approximate surface area is 172 Å². The van der Waals surface area contributed by atoms with Crippen LogP contribution in [0.5, 0.6) is 0 Å². The summed E-state index contributed by atoms with van der Waals surface area (Å²) >= 11 is 0. The van der Waals surface area contributed by atoms with Crippen LogP contribution in [-0.2, 0) is 11.2 Å². The molecule has 1 aliphatic heterocycles. The van der Waals surface area contributed by atoms with Crippen LogP contribution in [0, 0.1) is 0 Å². The first-order chi connectivity index (χ1) is 14.8. The van der Waals surface area contributed by atoms with E-state index in [4.69, 9.17) is 9.41 Å². The van der Waals surface area contributed by atoms with Crippen molar-refractivity contribution in [1.29, 1.82) is 0 Å².